The fourth-order valence-electron chi connectivity index (χ4n) is 3.59. The number of aliphatic hydroxyl groups is 1. The number of nitrogens with two attached hydrogens (primary N) is 2. The first-order valence-corrected chi connectivity index (χ1v) is 11.0. The lowest BCUT2D eigenvalue weighted by molar-refractivity contribution is -0.147. The zero-order valence-electron chi connectivity index (χ0n) is 18.7. The number of carbonyl (C=O) groups is 5. The molecule has 0 aromatic heterocycles. The third kappa shape index (κ3) is 8.94. The summed E-state index contributed by atoms with van der Waals surface area (Å²) in [5.41, 5.74) is 11.3. The Morgan fingerprint density at radius 2 is 1.76 bits per heavy atom. The summed E-state index contributed by atoms with van der Waals surface area (Å²) < 4.78 is 0. The summed E-state index contributed by atoms with van der Waals surface area (Å²) >= 11 is 0. The van der Waals surface area contributed by atoms with Gasteiger partial charge >= 0.3 is 11.9 Å². The van der Waals surface area contributed by atoms with Crippen molar-refractivity contribution in [3.63, 3.8) is 0 Å². The lowest BCUT2D eigenvalue weighted by Crippen LogP contribution is -2.57. The second-order valence-corrected chi connectivity index (χ2v) is 8.14. The number of likely N-dealkylation sites (tertiary alicyclic amines) is 1. The van der Waals surface area contributed by atoms with Crippen molar-refractivity contribution in [2.45, 2.75) is 82.1 Å². The summed E-state index contributed by atoms with van der Waals surface area (Å²) in [6.07, 6.45) is 0.376. The van der Waals surface area contributed by atoms with E-state index in [0.29, 0.717) is 32.2 Å². The van der Waals surface area contributed by atoms with Crippen molar-refractivity contribution in [1.29, 1.82) is 0 Å². The molecule has 0 spiro atoms. The lowest BCUT2D eigenvalue weighted by atomic mass is 10.1. The summed E-state index contributed by atoms with van der Waals surface area (Å²) in [5, 5.41) is 32.5. The standard InChI is InChI=1S/C20H35N5O8/c1-11(26)16(20(32)33)24-18(30)14-6-4-10-25(14)19(31)13(7-8-15(27)28)23-17(29)12(22)5-2-3-9-21/h11-14,16,26H,2-10,21-22H2,1H3,(H,23,29)(H,24,30)(H,27,28)(H,32,33). The molecule has 33 heavy (non-hydrogen) atoms. The van der Waals surface area contributed by atoms with E-state index < -0.39 is 66.4 Å². The molecule has 1 aliphatic heterocycles. The normalized spacial score (nSPS) is 19.3. The summed E-state index contributed by atoms with van der Waals surface area (Å²) in [7, 11) is 0. The second kappa shape index (κ2) is 13.7. The van der Waals surface area contributed by atoms with Crippen molar-refractivity contribution in [1.82, 2.24) is 15.5 Å². The van der Waals surface area contributed by atoms with E-state index in [2.05, 4.69) is 10.6 Å². The van der Waals surface area contributed by atoms with E-state index in [1.165, 1.54) is 11.8 Å². The zero-order chi connectivity index (χ0) is 25.1. The number of unbranched alkanes of at least 4 members (excludes halogenated alkanes) is 1. The van der Waals surface area contributed by atoms with Crippen molar-refractivity contribution in [2.75, 3.05) is 13.1 Å². The Bertz CT molecular complexity index is 717. The highest BCUT2D eigenvalue weighted by Crippen LogP contribution is 2.20. The van der Waals surface area contributed by atoms with Gasteiger partial charge in [-0.15, -0.1) is 0 Å². The van der Waals surface area contributed by atoms with Crippen LogP contribution in [-0.2, 0) is 24.0 Å². The van der Waals surface area contributed by atoms with Crippen molar-refractivity contribution >= 4 is 29.7 Å². The molecule has 9 N–H and O–H groups in total. The molecule has 0 aliphatic carbocycles. The highest BCUT2D eigenvalue weighted by molar-refractivity contribution is 5.94. The Kier molecular flexibility index (Phi) is 11.7. The van der Waals surface area contributed by atoms with Crippen LogP contribution in [0.15, 0.2) is 0 Å². The lowest BCUT2D eigenvalue weighted by Gasteiger charge is -2.30. The third-order valence-corrected chi connectivity index (χ3v) is 5.45. The molecule has 3 amide bonds. The minimum atomic E-state index is -1.55. The SMILES string of the molecule is CC(O)C(NC(=O)C1CCCN1C(=O)C(CCC(=O)O)NC(=O)C(N)CCCCN)C(=O)O. The predicted octanol–water partition coefficient (Wildman–Crippen LogP) is -2.27. The van der Waals surface area contributed by atoms with Crippen LogP contribution in [0.4, 0.5) is 0 Å². The minimum absolute atomic E-state index is 0.172. The second-order valence-electron chi connectivity index (χ2n) is 8.14. The average Bonchev–Trinajstić information content (AvgIpc) is 3.23. The van der Waals surface area contributed by atoms with E-state index in [1.54, 1.807) is 0 Å². The fraction of sp³-hybridized carbons (Fsp3) is 0.750. The van der Waals surface area contributed by atoms with E-state index in [-0.39, 0.29) is 19.4 Å². The first kappa shape index (κ1) is 28.3. The summed E-state index contributed by atoms with van der Waals surface area (Å²) in [6.45, 7) is 1.83. The zero-order valence-corrected chi connectivity index (χ0v) is 18.7. The molecule has 0 aromatic rings. The Hall–Kier alpha value is -2.77. The van der Waals surface area contributed by atoms with Gasteiger partial charge in [0.05, 0.1) is 12.1 Å². The van der Waals surface area contributed by atoms with E-state index in [1.807, 2.05) is 0 Å². The monoisotopic (exact) mass is 473 g/mol. The summed E-state index contributed by atoms with van der Waals surface area (Å²) in [4.78, 5) is 61.8. The molecule has 5 unspecified atom stereocenters. The van der Waals surface area contributed by atoms with Crippen LogP contribution >= 0.6 is 0 Å². The maximum Gasteiger partial charge on any atom is 0.328 e. The Labute approximate surface area is 191 Å². The van der Waals surface area contributed by atoms with Crippen LogP contribution in [0, 0.1) is 0 Å². The number of hydrogen-bond acceptors (Lipinski definition) is 8. The van der Waals surface area contributed by atoms with Crippen LogP contribution in [0.3, 0.4) is 0 Å². The molecule has 0 aromatic carbocycles. The molecule has 5 atom stereocenters. The highest BCUT2D eigenvalue weighted by atomic mass is 16.4. The number of carbonyl (C=O) groups excluding carboxylic acids is 3. The molecule has 13 heteroatoms. The van der Waals surface area contributed by atoms with Crippen molar-refractivity contribution < 1.29 is 39.3 Å². The van der Waals surface area contributed by atoms with Crippen LogP contribution in [0.2, 0.25) is 0 Å². The Morgan fingerprint density at radius 3 is 2.30 bits per heavy atom. The molecule has 1 fully saturated rings. The fourth-order valence-corrected chi connectivity index (χ4v) is 3.59. The molecule has 0 saturated carbocycles. The number of carboxylic acid groups (broad SMARTS) is 2. The molecule has 0 radical (unpaired) electrons. The van der Waals surface area contributed by atoms with Crippen LogP contribution in [-0.4, -0.2) is 93.2 Å². The highest BCUT2D eigenvalue weighted by Gasteiger charge is 2.39. The van der Waals surface area contributed by atoms with Crippen molar-refractivity contribution in [3.05, 3.63) is 0 Å². The molecule has 1 saturated heterocycles. The van der Waals surface area contributed by atoms with E-state index in [4.69, 9.17) is 16.6 Å². The van der Waals surface area contributed by atoms with Gasteiger partial charge in [0.1, 0.15) is 12.1 Å². The van der Waals surface area contributed by atoms with Gasteiger partial charge < -0.3 is 42.3 Å². The average molecular weight is 474 g/mol. The molecule has 1 aliphatic rings. The third-order valence-electron chi connectivity index (χ3n) is 5.45. The summed E-state index contributed by atoms with van der Waals surface area (Å²) in [5.74, 6) is -4.61. The van der Waals surface area contributed by atoms with E-state index in [0.717, 1.165) is 0 Å². The number of aliphatic carboxylic acids is 2. The maximum absolute atomic E-state index is 13.2. The van der Waals surface area contributed by atoms with E-state index >= 15 is 0 Å². The molecule has 1 heterocycles. The van der Waals surface area contributed by atoms with Gasteiger partial charge in [0, 0.05) is 13.0 Å². The van der Waals surface area contributed by atoms with Crippen LogP contribution in [0.5, 0.6) is 0 Å². The number of rotatable bonds is 14. The molecular formula is C20H35N5O8. The first-order valence-electron chi connectivity index (χ1n) is 11.0. The van der Waals surface area contributed by atoms with Crippen LogP contribution in [0.25, 0.3) is 0 Å². The van der Waals surface area contributed by atoms with Gasteiger partial charge in [0.25, 0.3) is 0 Å². The maximum atomic E-state index is 13.2. The van der Waals surface area contributed by atoms with Crippen molar-refractivity contribution in [2.24, 2.45) is 11.5 Å². The molecule has 1 rings (SSSR count). The van der Waals surface area contributed by atoms with Crippen LogP contribution in [0.1, 0.15) is 51.9 Å². The number of amides is 3. The van der Waals surface area contributed by atoms with Crippen molar-refractivity contribution in [3.8, 4) is 0 Å². The van der Waals surface area contributed by atoms with Gasteiger partial charge in [0.15, 0.2) is 6.04 Å². The Morgan fingerprint density at radius 1 is 1.09 bits per heavy atom. The predicted molar refractivity (Wildman–Crippen MR) is 116 cm³/mol. The van der Waals surface area contributed by atoms with Gasteiger partial charge in [0.2, 0.25) is 17.7 Å². The number of aliphatic hydroxyl groups excluding tert-OH is 1. The topological polar surface area (TPSA) is 225 Å². The largest absolute Gasteiger partial charge is 0.481 e. The molecule has 0 bridgehead atoms. The molecular weight excluding hydrogens is 438 g/mol. The Balaban J connectivity index is 2.93. The van der Waals surface area contributed by atoms with E-state index in [9.17, 15) is 34.2 Å². The van der Waals surface area contributed by atoms with Gasteiger partial charge in [-0.3, -0.25) is 19.2 Å². The quantitative estimate of drug-likeness (QED) is 0.134. The number of nitrogens with one attached hydrogen (secondary N) is 2. The van der Waals surface area contributed by atoms with Gasteiger partial charge in [-0.25, -0.2) is 4.79 Å². The van der Waals surface area contributed by atoms with Gasteiger partial charge in [-0.2, -0.15) is 0 Å². The summed E-state index contributed by atoms with van der Waals surface area (Å²) in [6, 6.07) is -4.68. The number of carboxylic acids is 2. The molecule has 188 valence electrons. The van der Waals surface area contributed by atoms with Gasteiger partial charge in [-0.05, 0) is 45.6 Å². The minimum Gasteiger partial charge on any atom is -0.481 e. The first-order chi connectivity index (χ1) is 15.5. The number of hydrogen-bond donors (Lipinski definition) is 7. The van der Waals surface area contributed by atoms with Gasteiger partial charge in [-0.1, -0.05) is 6.42 Å². The smallest absolute Gasteiger partial charge is 0.328 e. The van der Waals surface area contributed by atoms with Crippen LogP contribution < -0.4 is 22.1 Å². The molecule has 13 nitrogen and oxygen atoms in total. The number of nitrogens with zero attached hydrogens (tertiary/aromatic N) is 1.